The van der Waals surface area contributed by atoms with E-state index in [0.717, 1.165) is 47.3 Å². The van der Waals surface area contributed by atoms with Crippen molar-refractivity contribution in [3.8, 4) is 11.5 Å². The fraction of sp³-hybridized carbons (Fsp3) is 0.240. The molecule has 2 N–H and O–H groups in total. The Morgan fingerprint density at radius 2 is 1.71 bits per heavy atom. The Balaban J connectivity index is 1.29. The molecule has 10 heteroatoms. The second-order valence-corrected chi connectivity index (χ2v) is 9.77. The van der Waals surface area contributed by atoms with Crippen molar-refractivity contribution in [2.24, 2.45) is 0 Å². The van der Waals surface area contributed by atoms with Gasteiger partial charge in [0.05, 0.1) is 0 Å². The minimum absolute atomic E-state index is 0.479. The van der Waals surface area contributed by atoms with Gasteiger partial charge in [0.2, 0.25) is 5.95 Å². The summed E-state index contributed by atoms with van der Waals surface area (Å²) in [4.78, 5) is 24.8. The highest BCUT2D eigenvalue weighted by molar-refractivity contribution is 7.99. The summed E-state index contributed by atoms with van der Waals surface area (Å²) in [6.45, 7) is 4.95. The van der Waals surface area contributed by atoms with Crippen molar-refractivity contribution in [3.63, 3.8) is 0 Å². The molecule has 5 rings (SSSR count). The summed E-state index contributed by atoms with van der Waals surface area (Å²) in [6, 6.07) is 15.3. The lowest BCUT2D eigenvalue weighted by atomic mass is 10.2. The van der Waals surface area contributed by atoms with E-state index in [1.807, 2.05) is 49.0 Å². The van der Waals surface area contributed by atoms with Crippen LogP contribution in [0, 0.1) is 6.92 Å². The Morgan fingerprint density at radius 3 is 2.54 bits per heavy atom. The summed E-state index contributed by atoms with van der Waals surface area (Å²) in [5.74, 6) is 4.59. The lowest BCUT2D eigenvalue weighted by molar-refractivity contribution is 0.295. The second kappa shape index (κ2) is 11.0. The SMILES string of the molecule is Cc1cccc(-c2nccc(Nc3ccnc(Nc4ccc(Cl)c(CN5CCSCC5)c4)n3)n2)n1. The van der Waals surface area contributed by atoms with E-state index in [2.05, 4.69) is 46.5 Å². The lowest BCUT2D eigenvalue weighted by Gasteiger charge is -2.26. The van der Waals surface area contributed by atoms with Crippen molar-refractivity contribution in [2.75, 3.05) is 35.2 Å². The number of nitrogens with zero attached hydrogens (tertiary/aromatic N) is 6. The molecule has 3 aromatic heterocycles. The molecule has 0 unspecified atom stereocenters. The maximum Gasteiger partial charge on any atom is 0.229 e. The number of hydrogen-bond acceptors (Lipinski definition) is 9. The molecule has 0 saturated carbocycles. The molecule has 35 heavy (non-hydrogen) atoms. The van der Waals surface area contributed by atoms with E-state index in [-0.39, 0.29) is 0 Å². The first kappa shape index (κ1) is 23.5. The van der Waals surface area contributed by atoms with Crippen molar-refractivity contribution < 1.29 is 0 Å². The van der Waals surface area contributed by atoms with Gasteiger partial charge in [0.1, 0.15) is 17.3 Å². The highest BCUT2D eigenvalue weighted by Crippen LogP contribution is 2.25. The summed E-state index contributed by atoms with van der Waals surface area (Å²) in [6.07, 6.45) is 3.40. The Morgan fingerprint density at radius 1 is 0.914 bits per heavy atom. The van der Waals surface area contributed by atoms with Crippen LogP contribution in [0.1, 0.15) is 11.3 Å². The first-order valence-corrected chi connectivity index (χ1v) is 12.9. The van der Waals surface area contributed by atoms with E-state index in [4.69, 9.17) is 11.6 Å². The normalized spacial score (nSPS) is 14.0. The van der Waals surface area contributed by atoms with Crippen LogP contribution in [0.15, 0.2) is 60.9 Å². The van der Waals surface area contributed by atoms with Crippen LogP contribution in [0.25, 0.3) is 11.5 Å². The molecular weight excluding hydrogens is 480 g/mol. The van der Waals surface area contributed by atoms with Crippen molar-refractivity contribution >= 4 is 46.6 Å². The topological polar surface area (TPSA) is 91.8 Å². The molecule has 0 spiro atoms. The van der Waals surface area contributed by atoms with Gasteiger partial charge in [0.25, 0.3) is 0 Å². The van der Waals surface area contributed by atoms with E-state index in [0.29, 0.717) is 23.4 Å². The molecule has 0 bridgehead atoms. The molecule has 1 fully saturated rings. The molecule has 1 aliphatic heterocycles. The molecular formula is C25H25ClN8S. The van der Waals surface area contributed by atoms with Crippen LogP contribution < -0.4 is 10.6 Å². The summed E-state index contributed by atoms with van der Waals surface area (Å²) in [7, 11) is 0. The van der Waals surface area contributed by atoms with Crippen LogP contribution in [-0.2, 0) is 6.54 Å². The molecule has 8 nitrogen and oxygen atoms in total. The number of rotatable bonds is 7. The van der Waals surface area contributed by atoms with Gasteiger partial charge in [-0.3, -0.25) is 4.90 Å². The fourth-order valence-corrected chi connectivity index (χ4v) is 4.90. The van der Waals surface area contributed by atoms with Crippen LogP contribution in [0.3, 0.4) is 0 Å². The third-order valence-corrected chi connectivity index (χ3v) is 6.80. The van der Waals surface area contributed by atoms with Gasteiger partial charge in [-0.15, -0.1) is 0 Å². The van der Waals surface area contributed by atoms with E-state index in [1.54, 1.807) is 24.5 Å². The number of hydrogen-bond donors (Lipinski definition) is 2. The average molecular weight is 505 g/mol. The van der Waals surface area contributed by atoms with Crippen LogP contribution in [-0.4, -0.2) is 54.4 Å². The third kappa shape index (κ3) is 6.25. The molecule has 0 amide bonds. The van der Waals surface area contributed by atoms with Crippen LogP contribution in [0.2, 0.25) is 5.02 Å². The molecule has 4 heterocycles. The highest BCUT2D eigenvalue weighted by Gasteiger charge is 2.13. The van der Waals surface area contributed by atoms with E-state index in [1.165, 1.54) is 11.5 Å². The molecule has 0 atom stereocenters. The molecule has 0 radical (unpaired) electrons. The maximum absolute atomic E-state index is 6.48. The maximum atomic E-state index is 6.48. The van der Waals surface area contributed by atoms with Crippen molar-refractivity contribution in [3.05, 3.63) is 77.2 Å². The predicted molar refractivity (Wildman–Crippen MR) is 143 cm³/mol. The number of aromatic nitrogens is 5. The van der Waals surface area contributed by atoms with Crippen LogP contribution in [0.5, 0.6) is 0 Å². The Kier molecular flexibility index (Phi) is 7.37. The fourth-order valence-electron chi connectivity index (χ4n) is 3.74. The highest BCUT2D eigenvalue weighted by atomic mass is 35.5. The van der Waals surface area contributed by atoms with Crippen molar-refractivity contribution in [2.45, 2.75) is 13.5 Å². The number of benzene rings is 1. The summed E-state index contributed by atoms with van der Waals surface area (Å²) in [5, 5.41) is 7.29. The minimum atomic E-state index is 0.479. The number of nitrogens with one attached hydrogen (secondary N) is 2. The average Bonchev–Trinajstić information content (AvgIpc) is 2.87. The predicted octanol–water partition coefficient (Wildman–Crippen LogP) is 5.33. The smallest absolute Gasteiger partial charge is 0.229 e. The van der Waals surface area contributed by atoms with Crippen molar-refractivity contribution in [1.29, 1.82) is 0 Å². The Bertz CT molecular complexity index is 1310. The summed E-state index contributed by atoms with van der Waals surface area (Å²) in [5.41, 5.74) is 3.62. The van der Waals surface area contributed by atoms with E-state index < -0.39 is 0 Å². The van der Waals surface area contributed by atoms with Gasteiger partial charge in [0, 0.05) is 59.9 Å². The number of aryl methyl sites for hydroxylation is 1. The third-order valence-electron chi connectivity index (χ3n) is 5.48. The van der Waals surface area contributed by atoms with Crippen LogP contribution in [0.4, 0.5) is 23.3 Å². The molecule has 1 saturated heterocycles. The van der Waals surface area contributed by atoms with Gasteiger partial charge in [-0.1, -0.05) is 17.7 Å². The van der Waals surface area contributed by atoms with Crippen molar-refractivity contribution in [1.82, 2.24) is 29.8 Å². The Hall–Kier alpha value is -3.27. The number of halogens is 1. The zero-order valence-corrected chi connectivity index (χ0v) is 20.9. The second-order valence-electron chi connectivity index (χ2n) is 8.14. The molecule has 0 aliphatic carbocycles. The standard InChI is InChI=1S/C25H25ClN8S/c1-17-3-2-4-21(29-17)24-27-9-7-22(32-24)31-23-8-10-28-25(33-23)30-19-5-6-20(26)18(15-19)16-34-11-13-35-14-12-34/h2-10,15H,11-14,16H2,1H3,(H2,27,28,30,31,32,33). The number of thioether (sulfide) groups is 1. The number of anilines is 4. The van der Waals surface area contributed by atoms with Gasteiger partial charge in [0.15, 0.2) is 5.82 Å². The molecule has 178 valence electrons. The van der Waals surface area contributed by atoms with E-state index >= 15 is 0 Å². The van der Waals surface area contributed by atoms with Gasteiger partial charge < -0.3 is 10.6 Å². The quantitative estimate of drug-likeness (QED) is 0.346. The van der Waals surface area contributed by atoms with E-state index in [9.17, 15) is 0 Å². The first-order chi connectivity index (χ1) is 17.1. The van der Waals surface area contributed by atoms with Gasteiger partial charge in [-0.2, -0.15) is 16.7 Å². The molecule has 4 aromatic rings. The zero-order chi connectivity index (χ0) is 24.0. The van der Waals surface area contributed by atoms with Gasteiger partial charge >= 0.3 is 0 Å². The van der Waals surface area contributed by atoms with Gasteiger partial charge in [-0.05, 0) is 55.0 Å². The zero-order valence-electron chi connectivity index (χ0n) is 19.3. The minimum Gasteiger partial charge on any atom is -0.325 e. The monoisotopic (exact) mass is 504 g/mol. The molecule has 1 aromatic carbocycles. The number of pyridine rings is 1. The molecule has 1 aliphatic rings. The lowest BCUT2D eigenvalue weighted by Crippen LogP contribution is -2.32. The first-order valence-electron chi connectivity index (χ1n) is 11.3. The largest absolute Gasteiger partial charge is 0.325 e. The summed E-state index contributed by atoms with van der Waals surface area (Å²) >= 11 is 8.48. The Labute approximate surface area is 213 Å². The van der Waals surface area contributed by atoms with Gasteiger partial charge in [-0.25, -0.2) is 19.9 Å². The van der Waals surface area contributed by atoms with Crippen LogP contribution >= 0.6 is 23.4 Å². The summed E-state index contributed by atoms with van der Waals surface area (Å²) < 4.78 is 0.